The molecule has 0 atom stereocenters. The van der Waals surface area contributed by atoms with Crippen LogP contribution in [0.15, 0.2) is 48.9 Å². The number of hydrogen-bond donors (Lipinski definition) is 2. The van der Waals surface area contributed by atoms with Gasteiger partial charge in [-0.1, -0.05) is 0 Å². The average Bonchev–Trinajstić information content (AvgIpc) is 3.19. The molecule has 0 saturated heterocycles. The van der Waals surface area contributed by atoms with Crippen LogP contribution in [0.4, 0.5) is 10.2 Å². The molecule has 30 heavy (non-hydrogen) atoms. The highest BCUT2D eigenvalue weighted by molar-refractivity contribution is 6.04. The molecule has 0 saturated carbocycles. The molecule has 0 bridgehead atoms. The van der Waals surface area contributed by atoms with E-state index in [1.165, 1.54) is 37.7 Å². The molecule has 4 aromatic rings. The van der Waals surface area contributed by atoms with Crippen LogP contribution in [0.2, 0.25) is 0 Å². The molecular formula is C21H18FN5O3. The first-order valence-electron chi connectivity index (χ1n) is 9.17. The van der Waals surface area contributed by atoms with Crippen LogP contribution >= 0.6 is 0 Å². The van der Waals surface area contributed by atoms with Gasteiger partial charge < -0.3 is 19.8 Å². The van der Waals surface area contributed by atoms with Crippen LogP contribution in [0.1, 0.15) is 17.4 Å². The number of aromatic amines is 1. The summed E-state index contributed by atoms with van der Waals surface area (Å²) in [5, 5.41) is 2.99. The van der Waals surface area contributed by atoms with E-state index in [1.54, 1.807) is 18.3 Å². The summed E-state index contributed by atoms with van der Waals surface area (Å²) >= 11 is 0. The van der Waals surface area contributed by atoms with Gasteiger partial charge in [-0.2, -0.15) is 0 Å². The van der Waals surface area contributed by atoms with Gasteiger partial charge in [0.2, 0.25) is 5.88 Å². The quantitative estimate of drug-likeness (QED) is 0.504. The lowest BCUT2D eigenvalue weighted by molar-refractivity contribution is 0.102. The summed E-state index contributed by atoms with van der Waals surface area (Å²) in [7, 11) is 1.49. The first-order chi connectivity index (χ1) is 14.6. The average molecular weight is 407 g/mol. The van der Waals surface area contributed by atoms with Crippen molar-refractivity contribution < 1.29 is 18.7 Å². The summed E-state index contributed by atoms with van der Waals surface area (Å²) in [5.74, 6) is 0.371. The third-order valence-corrected chi connectivity index (χ3v) is 4.36. The summed E-state index contributed by atoms with van der Waals surface area (Å²) in [5.41, 5.74) is 1.74. The minimum absolute atomic E-state index is 0.104. The Hall–Kier alpha value is -4.01. The van der Waals surface area contributed by atoms with E-state index in [-0.39, 0.29) is 5.69 Å². The van der Waals surface area contributed by atoms with Crippen molar-refractivity contribution in [3.63, 3.8) is 0 Å². The van der Waals surface area contributed by atoms with Crippen molar-refractivity contribution in [3.8, 4) is 22.9 Å². The van der Waals surface area contributed by atoms with Crippen molar-refractivity contribution in [2.45, 2.75) is 6.92 Å². The maximum Gasteiger partial charge on any atom is 0.276 e. The molecular weight excluding hydrogens is 389 g/mol. The number of pyridine rings is 1. The van der Waals surface area contributed by atoms with Crippen LogP contribution in [0, 0.1) is 5.82 Å². The smallest absolute Gasteiger partial charge is 0.276 e. The molecule has 4 rings (SSSR count). The van der Waals surface area contributed by atoms with Crippen molar-refractivity contribution in [1.82, 2.24) is 19.9 Å². The Kier molecular flexibility index (Phi) is 5.25. The van der Waals surface area contributed by atoms with Crippen LogP contribution < -0.4 is 14.8 Å². The summed E-state index contributed by atoms with van der Waals surface area (Å²) in [6, 6.07) is 7.83. The third-order valence-electron chi connectivity index (χ3n) is 4.36. The van der Waals surface area contributed by atoms with Gasteiger partial charge in [-0.05, 0) is 31.2 Å². The van der Waals surface area contributed by atoms with Crippen LogP contribution in [-0.4, -0.2) is 39.6 Å². The topological polar surface area (TPSA) is 102 Å². The highest BCUT2D eigenvalue weighted by Crippen LogP contribution is 2.30. The molecule has 152 valence electrons. The number of carbonyl (C=O) groups is 1. The van der Waals surface area contributed by atoms with Gasteiger partial charge in [0, 0.05) is 23.2 Å². The van der Waals surface area contributed by atoms with E-state index in [1.807, 2.05) is 6.92 Å². The molecule has 9 heteroatoms. The first-order valence-corrected chi connectivity index (χ1v) is 9.17. The number of benzene rings is 1. The van der Waals surface area contributed by atoms with Gasteiger partial charge >= 0.3 is 0 Å². The molecule has 0 spiro atoms. The first kappa shape index (κ1) is 19.3. The van der Waals surface area contributed by atoms with Crippen molar-refractivity contribution in [2.24, 2.45) is 0 Å². The predicted molar refractivity (Wildman–Crippen MR) is 109 cm³/mol. The second kappa shape index (κ2) is 8.16. The number of rotatable bonds is 6. The lowest BCUT2D eigenvalue weighted by atomic mass is 10.2. The van der Waals surface area contributed by atoms with E-state index in [0.29, 0.717) is 46.2 Å². The van der Waals surface area contributed by atoms with Gasteiger partial charge in [0.05, 0.1) is 37.3 Å². The number of methoxy groups -OCH3 is 1. The monoisotopic (exact) mass is 407 g/mol. The number of aromatic nitrogens is 4. The predicted octanol–water partition coefficient (Wildman–Crippen LogP) is 3.82. The summed E-state index contributed by atoms with van der Waals surface area (Å²) in [6.45, 7) is 2.39. The second-order valence-electron chi connectivity index (χ2n) is 6.28. The number of halogens is 1. The zero-order chi connectivity index (χ0) is 21.1. The van der Waals surface area contributed by atoms with E-state index >= 15 is 0 Å². The standard InChI is InChI=1S/C21H18FN5O3/c1-3-30-19-7-4-12(9-24-19)15-10-23-11-16(25-15)21(28)27-18-8-13-14(22)5-6-17(29-2)20(13)26-18/h4-11,26H,3H2,1-2H3,(H,27,28). The fourth-order valence-electron chi connectivity index (χ4n) is 2.96. The van der Waals surface area contributed by atoms with E-state index < -0.39 is 11.7 Å². The highest BCUT2D eigenvalue weighted by Gasteiger charge is 2.15. The van der Waals surface area contributed by atoms with Crippen molar-refractivity contribution in [2.75, 3.05) is 19.0 Å². The third kappa shape index (κ3) is 3.77. The molecule has 2 N–H and O–H groups in total. The Labute approximate surface area is 171 Å². The number of fused-ring (bicyclic) bond motifs is 1. The Morgan fingerprint density at radius 3 is 2.80 bits per heavy atom. The molecule has 1 amide bonds. The Morgan fingerprint density at radius 1 is 1.20 bits per heavy atom. The fraction of sp³-hybridized carbons (Fsp3) is 0.143. The molecule has 0 aliphatic rings. The second-order valence-corrected chi connectivity index (χ2v) is 6.28. The molecule has 0 aliphatic carbocycles. The van der Waals surface area contributed by atoms with Crippen LogP contribution in [-0.2, 0) is 0 Å². The maximum absolute atomic E-state index is 14.1. The Morgan fingerprint density at radius 2 is 2.07 bits per heavy atom. The van der Waals surface area contributed by atoms with Crippen molar-refractivity contribution >= 4 is 22.6 Å². The lowest BCUT2D eigenvalue weighted by Gasteiger charge is -2.06. The number of nitrogens with zero attached hydrogens (tertiary/aromatic N) is 3. The van der Waals surface area contributed by atoms with Crippen molar-refractivity contribution in [3.05, 3.63) is 60.4 Å². The van der Waals surface area contributed by atoms with Gasteiger partial charge in [-0.3, -0.25) is 9.78 Å². The molecule has 0 unspecified atom stereocenters. The van der Waals surface area contributed by atoms with E-state index in [9.17, 15) is 9.18 Å². The molecule has 3 aromatic heterocycles. The summed E-state index contributed by atoms with van der Waals surface area (Å²) in [4.78, 5) is 28.3. The normalized spacial score (nSPS) is 10.8. The van der Waals surface area contributed by atoms with Gasteiger partial charge in [0.25, 0.3) is 5.91 Å². The Balaban J connectivity index is 1.58. The van der Waals surface area contributed by atoms with Gasteiger partial charge in [-0.15, -0.1) is 0 Å². The molecule has 8 nitrogen and oxygen atoms in total. The lowest BCUT2D eigenvalue weighted by Crippen LogP contribution is -2.14. The summed E-state index contributed by atoms with van der Waals surface area (Å²) < 4.78 is 24.6. The van der Waals surface area contributed by atoms with E-state index in [2.05, 4.69) is 25.3 Å². The number of ether oxygens (including phenoxy) is 2. The zero-order valence-electron chi connectivity index (χ0n) is 16.3. The minimum atomic E-state index is -0.492. The van der Waals surface area contributed by atoms with Crippen LogP contribution in [0.3, 0.4) is 0 Å². The number of amides is 1. The summed E-state index contributed by atoms with van der Waals surface area (Å²) in [6.07, 6.45) is 4.49. The van der Waals surface area contributed by atoms with Gasteiger partial charge in [0.15, 0.2) is 0 Å². The number of hydrogen-bond acceptors (Lipinski definition) is 6. The number of H-pyrrole nitrogens is 1. The molecule has 0 fully saturated rings. The SMILES string of the molecule is CCOc1ccc(-c2cncc(C(=O)Nc3cc4c(F)ccc(OC)c4[nH]3)n2)cn1. The van der Waals surface area contributed by atoms with E-state index in [0.717, 1.165) is 0 Å². The Bertz CT molecular complexity index is 1210. The molecule has 0 radical (unpaired) electrons. The number of nitrogens with one attached hydrogen (secondary N) is 2. The highest BCUT2D eigenvalue weighted by atomic mass is 19.1. The fourth-order valence-corrected chi connectivity index (χ4v) is 2.96. The zero-order valence-corrected chi connectivity index (χ0v) is 16.3. The number of anilines is 1. The largest absolute Gasteiger partial charge is 0.495 e. The van der Waals surface area contributed by atoms with Crippen LogP contribution in [0.25, 0.3) is 22.2 Å². The van der Waals surface area contributed by atoms with E-state index in [4.69, 9.17) is 9.47 Å². The molecule has 0 aliphatic heterocycles. The molecule has 1 aromatic carbocycles. The minimum Gasteiger partial charge on any atom is -0.495 e. The van der Waals surface area contributed by atoms with Gasteiger partial charge in [0.1, 0.15) is 23.1 Å². The van der Waals surface area contributed by atoms with Crippen molar-refractivity contribution in [1.29, 1.82) is 0 Å². The van der Waals surface area contributed by atoms with Gasteiger partial charge in [-0.25, -0.2) is 14.4 Å². The number of carbonyl (C=O) groups excluding carboxylic acids is 1. The van der Waals surface area contributed by atoms with Crippen LogP contribution in [0.5, 0.6) is 11.6 Å². The molecule has 3 heterocycles. The maximum atomic E-state index is 14.1.